The fourth-order valence-electron chi connectivity index (χ4n) is 4.39. The maximum atomic E-state index is 10.7. The molecule has 0 radical (unpaired) electrons. The highest BCUT2D eigenvalue weighted by atomic mass is 16.5. The minimum absolute atomic E-state index is 0.0511. The van der Waals surface area contributed by atoms with Crippen LogP contribution in [0.5, 0.6) is 5.75 Å². The molecule has 1 aliphatic carbocycles. The molecule has 1 aromatic rings. The van der Waals surface area contributed by atoms with Gasteiger partial charge in [0.25, 0.3) is 0 Å². The molecule has 0 amide bonds. The SMILES string of the molecule is CC(C)(C)c1ccc2c(c1)NC1=NC(O)N(C3CCC(NCCCN)CC3)C=C1O2. The molecule has 2 aliphatic heterocycles. The van der Waals surface area contributed by atoms with Crippen LogP contribution in [-0.4, -0.2) is 47.4 Å². The summed E-state index contributed by atoms with van der Waals surface area (Å²) in [5.41, 5.74) is 7.74. The molecule has 7 nitrogen and oxygen atoms in total. The lowest BCUT2D eigenvalue weighted by Crippen LogP contribution is -2.47. The second-order valence-corrected chi connectivity index (χ2v) is 9.55. The molecule has 164 valence electrons. The van der Waals surface area contributed by atoms with E-state index in [0.717, 1.165) is 56.6 Å². The van der Waals surface area contributed by atoms with Crippen molar-refractivity contribution in [2.24, 2.45) is 10.7 Å². The Morgan fingerprint density at radius 1 is 1.27 bits per heavy atom. The van der Waals surface area contributed by atoms with Crippen LogP contribution in [0.2, 0.25) is 0 Å². The van der Waals surface area contributed by atoms with Gasteiger partial charge >= 0.3 is 0 Å². The second kappa shape index (κ2) is 8.57. The molecule has 0 saturated heterocycles. The third-order valence-electron chi connectivity index (χ3n) is 6.26. The first-order valence-electron chi connectivity index (χ1n) is 11.1. The van der Waals surface area contributed by atoms with Gasteiger partial charge in [-0.25, -0.2) is 4.99 Å². The molecule has 1 fully saturated rings. The van der Waals surface area contributed by atoms with Gasteiger partial charge < -0.3 is 31.1 Å². The lowest BCUT2D eigenvalue weighted by molar-refractivity contribution is 0.000396. The number of nitrogens with one attached hydrogen (secondary N) is 2. The predicted molar refractivity (Wildman–Crippen MR) is 120 cm³/mol. The minimum Gasteiger partial charge on any atom is -0.450 e. The first-order chi connectivity index (χ1) is 14.3. The fraction of sp³-hybridized carbons (Fsp3) is 0.609. The zero-order valence-corrected chi connectivity index (χ0v) is 18.3. The van der Waals surface area contributed by atoms with E-state index in [2.05, 4.69) is 48.5 Å². The van der Waals surface area contributed by atoms with Crippen molar-refractivity contribution < 1.29 is 9.84 Å². The van der Waals surface area contributed by atoms with Gasteiger partial charge in [-0.15, -0.1) is 0 Å². The number of fused-ring (bicyclic) bond motifs is 2. The van der Waals surface area contributed by atoms with Gasteiger partial charge in [-0.2, -0.15) is 0 Å². The smallest absolute Gasteiger partial charge is 0.227 e. The molecular formula is C23H35N5O2. The van der Waals surface area contributed by atoms with Crippen molar-refractivity contribution in [1.29, 1.82) is 0 Å². The Bertz CT molecular complexity index is 821. The average molecular weight is 414 g/mol. The monoisotopic (exact) mass is 413 g/mol. The first-order valence-corrected chi connectivity index (χ1v) is 11.1. The van der Waals surface area contributed by atoms with Crippen LogP contribution in [0.1, 0.15) is 58.4 Å². The highest BCUT2D eigenvalue weighted by Gasteiger charge is 2.34. The Kier molecular flexibility index (Phi) is 6.04. The van der Waals surface area contributed by atoms with Crippen molar-refractivity contribution in [2.75, 3.05) is 18.4 Å². The number of amidine groups is 1. The minimum atomic E-state index is -0.890. The molecule has 2 heterocycles. The number of aliphatic hydroxyl groups excluding tert-OH is 1. The van der Waals surface area contributed by atoms with Gasteiger partial charge in [-0.3, -0.25) is 0 Å². The Morgan fingerprint density at radius 3 is 2.73 bits per heavy atom. The van der Waals surface area contributed by atoms with Gasteiger partial charge in [-0.05, 0) is 68.3 Å². The molecule has 1 saturated carbocycles. The van der Waals surface area contributed by atoms with Crippen LogP contribution < -0.4 is 21.1 Å². The van der Waals surface area contributed by atoms with Crippen LogP contribution in [0.25, 0.3) is 0 Å². The second-order valence-electron chi connectivity index (χ2n) is 9.55. The molecule has 4 rings (SSSR count). The lowest BCUT2D eigenvalue weighted by Gasteiger charge is -2.40. The number of nitrogens with two attached hydrogens (primary N) is 1. The molecular weight excluding hydrogens is 378 g/mol. The third-order valence-corrected chi connectivity index (χ3v) is 6.26. The van der Waals surface area contributed by atoms with Gasteiger partial charge in [0, 0.05) is 12.1 Å². The molecule has 5 N–H and O–H groups in total. The molecule has 0 spiro atoms. The topological polar surface area (TPSA) is 95.1 Å². The molecule has 1 atom stereocenters. The van der Waals surface area contributed by atoms with E-state index >= 15 is 0 Å². The molecule has 1 aromatic carbocycles. The van der Waals surface area contributed by atoms with Crippen molar-refractivity contribution in [2.45, 2.75) is 76.7 Å². The summed E-state index contributed by atoms with van der Waals surface area (Å²) in [6.45, 7) is 8.26. The van der Waals surface area contributed by atoms with Crippen LogP contribution in [0, 0.1) is 0 Å². The van der Waals surface area contributed by atoms with Gasteiger partial charge in [0.1, 0.15) is 0 Å². The number of aliphatic imine (C=N–C) groups is 1. The van der Waals surface area contributed by atoms with Crippen LogP contribution in [0.15, 0.2) is 35.2 Å². The number of nitrogens with zero attached hydrogens (tertiary/aromatic N) is 2. The summed E-state index contributed by atoms with van der Waals surface area (Å²) in [7, 11) is 0. The van der Waals surface area contributed by atoms with E-state index < -0.39 is 6.35 Å². The van der Waals surface area contributed by atoms with Crippen molar-refractivity contribution in [3.05, 3.63) is 35.7 Å². The summed E-state index contributed by atoms with van der Waals surface area (Å²) >= 11 is 0. The van der Waals surface area contributed by atoms with Gasteiger partial charge in [0.15, 0.2) is 17.3 Å². The highest BCUT2D eigenvalue weighted by Crippen LogP contribution is 2.37. The molecule has 0 bridgehead atoms. The summed E-state index contributed by atoms with van der Waals surface area (Å²) in [6, 6.07) is 7.02. The molecule has 30 heavy (non-hydrogen) atoms. The van der Waals surface area contributed by atoms with Crippen molar-refractivity contribution >= 4 is 11.5 Å². The van der Waals surface area contributed by atoms with Crippen molar-refractivity contribution in [1.82, 2.24) is 10.2 Å². The number of hydrogen-bond donors (Lipinski definition) is 4. The van der Waals surface area contributed by atoms with Gasteiger partial charge in [0.2, 0.25) is 6.35 Å². The number of aliphatic hydroxyl groups is 1. The summed E-state index contributed by atoms with van der Waals surface area (Å²) in [4.78, 5) is 6.45. The standard InChI is InChI=1S/C23H35N5O2/c1-23(2,3)15-5-10-19-18(13-15)26-21-20(30-19)14-28(22(29)27-21)17-8-6-16(7-9-17)25-12-4-11-24/h5,10,13-14,16-17,22,25,29H,4,6-9,11-12,24H2,1-3H3,(H,26,27). The van der Waals surface area contributed by atoms with Crippen LogP contribution in [0.3, 0.4) is 0 Å². The van der Waals surface area contributed by atoms with E-state index in [-0.39, 0.29) is 11.5 Å². The molecule has 0 aromatic heterocycles. The van der Waals surface area contributed by atoms with E-state index in [9.17, 15) is 5.11 Å². The van der Waals surface area contributed by atoms with Crippen LogP contribution in [0.4, 0.5) is 5.69 Å². The highest BCUT2D eigenvalue weighted by molar-refractivity contribution is 6.09. The summed E-state index contributed by atoms with van der Waals surface area (Å²) in [5.74, 6) is 2.05. The normalized spacial score (nSPS) is 26.0. The Labute approximate surface area is 179 Å². The van der Waals surface area contributed by atoms with Crippen molar-refractivity contribution in [3.63, 3.8) is 0 Å². The third kappa shape index (κ3) is 4.48. The Hall–Kier alpha value is -2.09. The number of ether oxygens (including phenoxy) is 1. The maximum Gasteiger partial charge on any atom is 0.227 e. The molecule has 3 aliphatic rings. The average Bonchev–Trinajstić information content (AvgIpc) is 2.71. The van der Waals surface area contributed by atoms with Gasteiger partial charge in [-0.1, -0.05) is 26.8 Å². The van der Waals surface area contributed by atoms with Crippen LogP contribution in [-0.2, 0) is 5.41 Å². The van der Waals surface area contributed by atoms with Gasteiger partial charge in [0.05, 0.1) is 11.9 Å². The maximum absolute atomic E-state index is 10.7. The van der Waals surface area contributed by atoms with E-state index in [0.29, 0.717) is 17.6 Å². The van der Waals surface area contributed by atoms with E-state index in [4.69, 9.17) is 10.5 Å². The van der Waals surface area contributed by atoms with Crippen molar-refractivity contribution in [3.8, 4) is 5.75 Å². The van der Waals surface area contributed by atoms with Crippen LogP contribution >= 0.6 is 0 Å². The number of anilines is 1. The summed E-state index contributed by atoms with van der Waals surface area (Å²) in [6.07, 6.45) is 6.27. The van der Waals surface area contributed by atoms with E-state index in [1.54, 1.807) is 0 Å². The Balaban J connectivity index is 1.44. The number of hydrogen-bond acceptors (Lipinski definition) is 7. The summed E-state index contributed by atoms with van der Waals surface area (Å²) < 4.78 is 6.15. The summed E-state index contributed by atoms with van der Waals surface area (Å²) in [5, 5.41) is 17.6. The number of rotatable bonds is 5. The zero-order valence-electron chi connectivity index (χ0n) is 18.3. The molecule has 7 heteroatoms. The fourth-order valence-corrected chi connectivity index (χ4v) is 4.39. The van der Waals surface area contributed by atoms with E-state index in [1.165, 1.54) is 5.56 Å². The van der Waals surface area contributed by atoms with E-state index in [1.807, 2.05) is 17.2 Å². The Morgan fingerprint density at radius 2 is 2.03 bits per heavy atom. The largest absolute Gasteiger partial charge is 0.450 e. The lowest BCUT2D eigenvalue weighted by atomic mass is 9.86. The first kappa shape index (κ1) is 21.2. The predicted octanol–water partition coefficient (Wildman–Crippen LogP) is 2.87. The number of benzene rings is 1. The quantitative estimate of drug-likeness (QED) is 0.555. The zero-order chi connectivity index (χ0) is 21.3. The molecule has 1 unspecified atom stereocenters.